The van der Waals surface area contributed by atoms with Gasteiger partial charge in [0.15, 0.2) is 0 Å². The largest absolute Gasteiger partial charge is 0.444 e. The van der Waals surface area contributed by atoms with Gasteiger partial charge < -0.3 is 19.3 Å². The first-order valence-corrected chi connectivity index (χ1v) is 10.3. The number of nitrogens with zero attached hydrogens (tertiary/aromatic N) is 2. The maximum Gasteiger partial charge on any atom is 0.410 e. The van der Waals surface area contributed by atoms with Gasteiger partial charge in [0.2, 0.25) is 0 Å². The van der Waals surface area contributed by atoms with E-state index in [0.717, 1.165) is 43.6 Å². The summed E-state index contributed by atoms with van der Waals surface area (Å²) in [6.45, 7) is 8.57. The van der Waals surface area contributed by atoms with E-state index in [-0.39, 0.29) is 18.0 Å². The summed E-state index contributed by atoms with van der Waals surface area (Å²) in [5.41, 5.74) is 1.30. The number of amides is 1. The Morgan fingerprint density at radius 1 is 1.32 bits per heavy atom. The normalized spacial score (nSPS) is 22.3. The molecular formula is C22H33FN2O3. The van der Waals surface area contributed by atoms with Crippen LogP contribution in [0.4, 0.5) is 14.9 Å². The number of benzene rings is 1. The molecule has 0 bridgehead atoms. The number of methoxy groups -OCH3 is 1. The highest BCUT2D eigenvalue weighted by Gasteiger charge is 2.39. The maximum absolute atomic E-state index is 14.4. The van der Waals surface area contributed by atoms with Crippen molar-refractivity contribution < 1.29 is 18.7 Å². The van der Waals surface area contributed by atoms with Crippen molar-refractivity contribution in [1.29, 1.82) is 0 Å². The zero-order chi connectivity index (χ0) is 20.3. The minimum Gasteiger partial charge on any atom is -0.444 e. The molecule has 5 nitrogen and oxygen atoms in total. The molecule has 1 aromatic rings. The SMILES string of the molecule is COCCCN1c2cccc(F)c2CC1C1CCCN(C(=O)OC(C)(C)C)C1. The zero-order valence-electron chi connectivity index (χ0n) is 17.5. The molecule has 2 heterocycles. The fraction of sp³-hybridized carbons (Fsp3) is 0.682. The number of anilines is 1. The van der Waals surface area contributed by atoms with Gasteiger partial charge >= 0.3 is 6.09 Å². The van der Waals surface area contributed by atoms with Crippen LogP contribution >= 0.6 is 0 Å². The van der Waals surface area contributed by atoms with E-state index >= 15 is 0 Å². The third-order valence-corrected chi connectivity index (χ3v) is 5.62. The standard InChI is InChI=1S/C22H33FN2O3/c1-22(2,3)28-21(26)24-11-6-8-16(15-24)20-14-17-18(23)9-5-10-19(17)25(20)12-7-13-27-4/h5,9-10,16,20H,6-8,11-15H2,1-4H3. The smallest absolute Gasteiger partial charge is 0.410 e. The number of halogens is 1. The summed E-state index contributed by atoms with van der Waals surface area (Å²) in [4.78, 5) is 16.7. The van der Waals surface area contributed by atoms with Crippen LogP contribution in [0.25, 0.3) is 0 Å². The number of piperidine rings is 1. The molecule has 2 aliphatic rings. The van der Waals surface area contributed by atoms with Crippen molar-refractivity contribution >= 4 is 11.8 Å². The van der Waals surface area contributed by atoms with Crippen LogP contribution in [-0.2, 0) is 15.9 Å². The highest BCUT2D eigenvalue weighted by atomic mass is 19.1. The average molecular weight is 393 g/mol. The van der Waals surface area contributed by atoms with Crippen molar-refractivity contribution in [1.82, 2.24) is 4.90 Å². The number of ether oxygens (including phenoxy) is 2. The van der Waals surface area contributed by atoms with E-state index in [1.54, 1.807) is 19.2 Å². The lowest BCUT2D eigenvalue weighted by molar-refractivity contribution is 0.0152. The summed E-state index contributed by atoms with van der Waals surface area (Å²) in [5.74, 6) is 0.173. The lowest BCUT2D eigenvalue weighted by Gasteiger charge is -2.40. The van der Waals surface area contributed by atoms with Gasteiger partial charge in [-0.05, 0) is 64.5 Å². The van der Waals surface area contributed by atoms with Crippen LogP contribution in [0, 0.1) is 11.7 Å². The minimum atomic E-state index is -0.497. The molecule has 0 N–H and O–H groups in total. The quantitative estimate of drug-likeness (QED) is 0.703. The summed E-state index contributed by atoms with van der Waals surface area (Å²) in [5, 5.41) is 0. The molecule has 1 saturated heterocycles. The highest BCUT2D eigenvalue weighted by Crippen LogP contribution is 2.39. The number of rotatable bonds is 5. The first-order valence-electron chi connectivity index (χ1n) is 10.3. The van der Waals surface area contributed by atoms with Gasteiger partial charge in [-0.2, -0.15) is 0 Å². The van der Waals surface area contributed by atoms with Gasteiger partial charge in [-0.25, -0.2) is 9.18 Å². The molecule has 6 heteroatoms. The first-order chi connectivity index (χ1) is 13.3. The van der Waals surface area contributed by atoms with E-state index in [0.29, 0.717) is 25.5 Å². The molecule has 0 aliphatic carbocycles. The molecule has 1 aromatic carbocycles. The van der Waals surface area contributed by atoms with Crippen LogP contribution in [0.2, 0.25) is 0 Å². The molecule has 0 saturated carbocycles. The summed E-state index contributed by atoms with van der Waals surface area (Å²) in [6.07, 6.45) is 3.34. The Hall–Kier alpha value is -1.82. The van der Waals surface area contributed by atoms with Crippen molar-refractivity contribution in [2.75, 3.05) is 38.3 Å². The second-order valence-electron chi connectivity index (χ2n) is 8.88. The molecule has 0 radical (unpaired) electrons. The molecule has 2 aliphatic heterocycles. The fourth-order valence-corrected chi connectivity index (χ4v) is 4.42. The number of hydrogen-bond acceptors (Lipinski definition) is 4. The Kier molecular flexibility index (Phi) is 6.48. The van der Waals surface area contributed by atoms with Crippen molar-refractivity contribution in [3.63, 3.8) is 0 Å². The number of carbonyl (C=O) groups is 1. The summed E-state index contributed by atoms with van der Waals surface area (Å²) < 4.78 is 25.2. The Morgan fingerprint density at radius 2 is 2.11 bits per heavy atom. The van der Waals surface area contributed by atoms with Gasteiger partial charge in [-0.3, -0.25) is 0 Å². The Bertz CT molecular complexity index is 689. The monoisotopic (exact) mass is 392 g/mol. The molecule has 156 valence electrons. The van der Waals surface area contributed by atoms with Crippen molar-refractivity contribution in [2.45, 2.75) is 58.1 Å². The van der Waals surface area contributed by atoms with Crippen molar-refractivity contribution in [3.05, 3.63) is 29.6 Å². The minimum absolute atomic E-state index is 0.128. The lowest BCUT2D eigenvalue weighted by atomic mass is 9.88. The van der Waals surface area contributed by atoms with Gasteiger partial charge in [0, 0.05) is 50.6 Å². The van der Waals surface area contributed by atoms with Crippen LogP contribution in [0.3, 0.4) is 0 Å². The predicted molar refractivity (Wildman–Crippen MR) is 108 cm³/mol. The van der Waals surface area contributed by atoms with Gasteiger partial charge in [0.1, 0.15) is 11.4 Å². The second-order valence-corrected chi connectivity index (χ2v) is 8.88. The average Bonchev–Trinajstić information content (AvgIpc) is 3.01. The van der Waals surface area contributed by atoms with Crippen LogP contribution in [0.1, 0.15) is 45.6 Å². The number of hydrogen-bond donors (Lipinski definition) is 0. The Morgan fingerprint density at radius 3 is 2.82 bits per heavy atom. The summed E-state index contributed by atoms with van der Waals surface area (Å²) in [7, 11) is 1.70. The van der Waals surface area contributed by atoms with Gasteiger partial charge in [-0.1, -0.05) is 6.07 Å². The van der Waals surface area contributed by atoms with Crippen LogP contribution in [-0.4, -0.2) is 56.0 Å². The maximum atomic E-state index is 14.4. The molecular weight excluding hydrogens is 359 g/mol. The van der Waals surface area contributed by atoms with E-state index < -0.39 is 5.60 Å². The Balaban J connectivity index is 1.75. The first kappa shape index (κ1) is 20.9. The third kappa shape index (κ3) is 4.77. The van der Waals surface area contributed by atoms with E-state index in [2.05, 4.69) is 4.90 Å². The molecule has 2 atom stereocenters. The Labute approximate surface area is 167 Å². The number of fused-ring (bicyclic) bond motifs is 1. The number of likely N-dealkylation sites (tertiary alicyclic amines) is 1. The third-order valence-electron chi connectivity index (χ3n) is 5.62. The lowest BCUT2D eigenvalue weighted by Crippen LogP contribution is -2.49. The predicted octanol–water partition coefficient (Wildman–Crippen LogP) is 4.24. The molecule has 0 spiro atoms. The van der Waals surface area contributed by atoms with Crippen molar-refractivity contribution in [3.8, 4) is 0 Å². The van der Waals surface area contributed by atoms with E-state index in [1.165, 1.54) is 0 Å². The van der Waals surface area contributed by atoms with Gasteiger partial charge in [-0.15, -0.1) is 0 Å². The molecule has 28 heavy (non-hydrogen) atoms. The van der Waals surface area contributed by atoms with Gasteiger partial charge in [0.05, 0.1) is 0 Å². The van der Waals surface area contributed by atoms with Crippen LogP contribution in [0.5, 0.6) is 0 Å². The molecule has 2 unspecified atom stereocenters. The van der Waals surface area contributed by atoms with Gasteiger partial charge in [0.25, 0.3) is 0 Å². The van der Waals surface area contributed by atoms with Crippen molar-refractivity contribution in [2.24, 2.45) is 5.92 Å². The topological polar surface area (TPSA) is 42.0 Å². The molecule has 1 fully saturated rings. The molecule has 1 amide bonds. The van der Waals surface area contributed by atoms with Crippen LogP contribution < -0.4 is 4.90 Å². The van der Waals surface area contributed by atoms with E-state index in [4.69, 9.17) is 9.47 Å². The summed E-state index contributed by atoms with van der Waals surface area (Å²) >= 11 is 0. The second kappa shape index (κ2) is 8.68. The van der Waals surface area contributed by atoms with Crippen LogP contribution in [0.15, 0.2) is 18.2 Å². The fourth-order valence-electron chi connectivity index (χ4n) is 4.42. The number of carbonyl (C=O) groups excluding carboxylic acids is 1. The highest BCUT2D eigenvalue weighted by molar-refractivity contribution is 5.68. The van der Waals surface area contributed by atoms with E-state index in [1.807, 2.05) is 31.7 Å². The van der Waals surface area contributed by atoms with E-state index in [9.17, 15) is 9.18 Å². The molecule has 0 aromatic heterocycles. The summed E-state index contributed by atoms with van der Waals surface area (Å²) in [6, 6.07) is 5.55. The molecule has 3 rings (SSSR count). The zero-order valence-corrected chi connectivity index (χ0v) is 17.5.